The molecule has 0 spiro atoms. The number of hydrogen-bond donors (Lipinski definition) is 1. The van der Waals surface area contributed by atoms with Gasteiger partial charge in [0, 0.05) is 44.8 Å². The van der Waals surface area contributed by atoms with Gasteiger partial charge in [-0.3, -0.25) is 4.79 Å². The van der Waals surface area contributed by atoms with Gasteiger partial charge < -0.3 is 9.80 Å². The molecule has 1 amide bonds. The first-order chi connectivity index (χ1) is 14.2. The summed E-state index contributed by atoms with van der Waals surface area (Å²) in [6.07, 6.45) is -3.81. The van der Waals surface area contributed by atoms with E-state index in [4.69, 9.17) is 0 Å². The normalized spacial score (nSPS) is 15.4. The summed E-state index contributed by atoms with van der Waals surface area (Å²) >= 11 is 1.12. The maximum Gasteiger partial charge on any atom is 0.416 e. The molecule has 0 unspecified atom stereocenters. The van der Waals surface area contributed by atoms with E-state index >= 15 is 0 Å². The van der Waals surface area contributed by atoms with Crippen molar-refractivity contribution in [1.29, 1.82) is 0 Å². The van der Waals surface area contributed by atoms with Gasteiger partial charge in [-0.2, -0.15) is 13.2 Å². The van der Waals surface area contributed by atoms with Gasteiger partial charge in [-0.05, 0) is 36.1 Å². The van der Waals surface area contributed by atoms with Gasteiger partial charge in [0.05, 0.1) is 5.56 Å². The molecule has 1 fully saturated rings. The van der Waals surface area contributed by atoms with Crippen molar-refractivity contribution in [2.45, 2.75) is 23.2 Å². The first-order valence-corrected chi connectivity index (χ1v) is 11.8. The lowest BCUT2D eigenvalue weighted by Crippen LogP contribution is -2.48. The minimum Gasteiger partial charge on any atom is -0.368 e. The third-order valence-corrected chi connectivity index (χ3v) is 7.65. The fourth-order valence-electron chi connectivity index (χ4n) is 3.18. The number of nitrogens with zero attached hydrogens (tertiary/aromatic N) is 2. The summed E-state index contributed by atoms with van der Waals surface area (Å²) in [5, 5.41) is 1.68. The van der Waals surface area contributed by atoms with Crippen LogP contribution in [0.1, 0.15) is 18.4 Å². The van der Waals surface area contributed by atoms with Crippen molar-refractivity contribution < 1.29 is 26.4 Å². The second kappa shape index (κ2) is 9.36. The van der Waals surface area contributed by atoms with Gasteiger partial charge in [-0.15, -0.1) is 11.3 Å². The van der Waals surface area contributed by atoms with Gasteiger partial charge in [0.25, 0.3) is 0 Å². The van der Waals surface area contributed by atoms with E-state index in [1.807, 2.05) is 4.90 Å². The molecule has 0 atom stereocenters. The second-order valence-corrected chi connectivity index (χ2v) is 9.79. The Hall–Kier alpha value is -2.11. The third kappa shape index (κ3) is 5.73. The molecule has 0 bridgehead atoms. The lowest BCUT2D eigenvalue weighted by molar-refractivity contribution is -0.137. The Morgan fingerprint density at radius 2 is 1.83 bits per heavy atom. The number of carbonyl (C=O) groups is 1. The number of piperazine rings is 1. The molecule has 1 aliphatic rings. The van der Waals surface area contributed by atoms with Crippen molar-refractivity contribution in [3.63, 3.8) is 0 Å². The molecule has 11 heteroatoms. The lowest BCUT2D eigenvalue weighted by Gasteiger charge is -2.36. The predicted molar refractivity (Wildman–Crippen MR) is 109 cm³/mol. The van der Waals surface area contributed by atoms with E-state index < -0.39 is 21.8 Å². The van der Waals surface area contributed by atoms with E-state index in [2.05, 4.69) is 4.72 Å². The minimum atomic E-state index is -4.39. The maximum absolute atomic E-state index is 12.9. The van der Waals surface area contributed by atoms with Crippen LogP contribution in [0.3, 0.4) is 0 Å². The van der Waals surface area contributed by atoms with Crippen LogP contribution >= 0.6 is 11.3 Å². The number of rotatable bonds is 7. The zero-order valence-corrected chi connectivity index (χ0v) is 17.7. The Balaban J connectivity index is 1.43. The average molecular weight is 462 g/mol. The number of benzene rings is 1. The molecule has 0 saturated carbocycles. The standard InChI is InChI=1S/C19H22F3N3O3S2/c20-19(21,22)15-4-1-5-16(14-15)24-9-11-25(12-10-24)17(26)6-2-8-23-30(27,28)18-7-3-13-29-18/h1,3-5,7,13-14,23H,2,6,8-12H2. The molecule has 1 aromatic heterocycles. The molecule has 1 N–H and O–H groups in total. The fraction of sp³-hybridized carbons (Fsp3) is 0.421. The first-order valence-electron chi connectivity index (χ1n) is 9.40. The van der Waals surface area contributed by atoms with Gasteiger partial charge in [0.1, 0.15) is 4.21 Å². The Labute approximate surface area is 177 Å². The Kier molecular flexibility index (Phi) is 7.04. The molecular formula is C19H22F3N3O3S2. The van der Waals surface area contributed by atoms with Crippen LogP contribution < -0.4 is 9.62 Å². The van der Waals surface area contributed by atoms with E-state index in [0.717, 1.165) is 23.5 Å². The molecule has 30 heavy (non-hydrogen) atoms. The summed E-state index contributed by atoms with van der Waals surface area (Å²) in [6, 6.07) is 8.34. The zero-order valence-electron chi connectivity index (χ0n) is 16.1. The average Bonchev–Trinajstić information content (AvgIpc) is 3.27. The molecule has 2 aromatic rings. The zero-order chi connectivity index (χ0) is 21.8. The van der Waals surface area contributed by atoms with Crippen LogP contribution in [0.5, 0.6) is 0 Å². The molecule has 3 rings (SSSR count). The van der Waals surface area contributed by atoms with Crippen molar-refractivity contribution in [3.05, 3.63) is 47.3 Å². The second-order valence-electron chi connectivity index (χ2n) is 6.85. The van der Waals surface area contributed by atoms with Crippen LogP contribution in [-0.4, -0.2) is 51.9 Å². The molecule has 164 valence electrons. The van der Waals surface area contributed by atoms with Gasteiger partial charge in [-0.1, -0.05) is 12.1 Å². The summed E-state index contributed by atoms with van der Waals surface area (Å²) < 4.78 is 65.4. The van der Waals surface area contributed by atoms with E-state index in [9.17, 15) is 26.4 Å². The van der Waals surface area contributed by atoms with E-state index in [1.165, 1.54) is 12.1 Å². The molecule has 1 aliphatic heterocycles. The van der Waals surface area contributed by atoms with Crippen molar-refractivity contribution in [2.24, 2.45) is 0 Å². The summed E-state index contributed by atoms with van der Waals surface area (Å²) in [4.78, 5) is 15.9. The smallest absolute Gasteiger partial charge is 0.368 e. The van der Waals surface area contributed by atoms with E-state index in [-0.39, 0.29) is 23.1 Å². The fourth-order valence-corrected chi connectivity index (χ4v) is 5.30. The number of nitrogens with one attached hydrogen (secondary N) is 1. The highest BCUT2D eigenvalue weighted by atomic mass is 32.2. The maximum atomic E-state index is 12.9. The quantitative estimate of drug-likeness (QED) is 0.643. The van der Waals surface area contributed by atoms with Crippen LogP contribution in [0.2, 0.25) is 0 Å². The molecule has 1 aromatic carbocycles. The number of anilines is 1. The summed E-state index contributed by atoms with van der Waals surface area (Å²) in [6.45, 7) is 1.87. The van der Waals surface area contributed by atoms with E-state index in [0.29, 0.717) is 38.3 Å². The Morgan fingerprint density at radius 3 is 2.47 bits per heavy atom. The molecular weight excluding hydrogens is 439 g/mol. The molecule has 2 heterocycles. The van der Waals surface area contributed by atoms with Crippen LogP contribution in [0.15, 0.2) is 46.0 Å². The number of thiophene rings is 1. The van der Waals surface area contributed by atoms with Crippen LogP contribution in [0.4, 0.5) is 18.9 Å². The predicted octanol–water partition coefficient (Wildman–Crippen LogP) is 3.17. The topological polar surface area (TPSA) is 69.7 Å². The molecule has 0 aliphatic carbocycles. The number of carbonyl (C=O) groups excluding carboxylic acids is 1. The van der Waals surface area contributed by atoms with Crippen molar-refractivity contribution in [1.82, 2.24) is 9.62 Å². The Bertz CT molecular complexity index is 955. The highest BCUT2D eigenvalue weighted by Crippen LogP contribution is 2.31. The summed E-state index contributed by atoms with van der Waals surface area (Å²) in [7, 11) is -3.53. The van der Waals surface area contributed by atoms with Crippen LogP contribution in [0, 0.1) is 0 Å². The number of alkyl halides is 3. The first kappa shape index (κ1) is 22.6. The van der Waals surface area contributed by atoms with Crippen LogP contribution in [0.25, 0.3) is 0 Å². The SMILES string of the molecule is O=C(CCCNS(=O)(=O)c1cccs1)N1CCN(c2cccc(C(F)(F)F)c2)CC1. The summed E-state index contributed by atoms with van der Waals surface area (Å²) in [5.74, 6) is -0.0889. The van der Waals surface area contributed by atoms with Gasteiger partial charge in [0.15, 0.2) is 0 Å². The highest BCUT2D eigenvalue weighted by Gasteiger charge is 2.31. The monoisotopic (exact) mass is 461 g/mol. The molecule has 1 saturated heterocycles. The number of halogens is 3. The Morgan fingerprint density at radius 1 is 1.10 bits per heavy atom. The molecule has 6 nitrogen and oxygen atoms in total. The van der Waals surface area contributed by atoms with Gasteiger partial charge in [0.2, 0.25) is 15.9 Å². The number of sulfonamides is 1. The largest absolute Gasteiger partial charge is 0.416 e. The third-order valence-electron chi connectivity index (χ3n) is 4.79. The highest BCUT2D eigenvalue weighted by molar-refractivity contribution is 7.91. The van der Waals surface area contributed by atoms with Crippen molar-refractivity contribution >= 4 is 33.0 Å². The minimum absolute atomic E-state index is 0.0889. The van der Waals surface area contributed by atoms with Gasteiger partial charge >= 0.3 is 6.18 Å². The number of amides is 1. The summed E-state index contributed by atoms with van der Waals surface area (Å²) in [5.41, 5.74) is -0.205. The lowest BCUT2D eigenvalue weighted by atomic mass is 10.1. The van der Waals surface area contributed by atoms with Crippen LogP contribution in [-0.2, 0) is 21.0 Å². The van der Waals surface area contributed by atoms with Crippen molar-refractivity contribution in [2.75, 3.05) is 37.6 Å². The molecule has 0 radical (unpaired) electrons. The van der Waals surface area contributed by atoms with Crippen molar-refractivity contribution in [3.8, 4) is 0 Å². The van der Waals surface area contributed by atoms with Gasteiger partial charge in [-0.25, -0.2) is 13.1 Å². The number of hydrogen-bond acceptors (Lipinski definition) is 5. The van der Waals surface area contributed by atoms with E-state index in [1.54, 1.807) is 22.4 Å².